The first-order chi connectivity index (χ1) is 10.9. The Bertz CT molecular complexity index is 476. The molecule has 0 aromatic carbocycles. The van der Waals surface area contributed by atoms with E-state index in [2.05, 4.69) is 37.8 Å². The van der Waals surface area contributed by atoms with Crippen molar-refractivity contribution in [2.45, 2.75) is 45.1 Å². The minimum absolute atomic E-state index is 0.0187. The molecular weight excluding hydrogens is 288 g/mol. The molecule has 0 radical (unpaired) electrons. The fourth-order valence-corrected chi connectivity index (χ4v) is 5.05. The van der Waals surface area contributed by atoms with Crippen molar-refractivity contribution in [3.8, 4) is 0 Å². The van der Waals surface area contributed by atoms with Crippen LogP contribution < -0.4 is 5.32 Å². The number of hydrogen-bond acceptors (Lipinski definition) is 4. The molecule has 1 saturated heterocycles. The van der Waals surface area contributed by atoms with E-state index in [1.807, 2.05) is 0 Å². The van der Waals surface area contributed by atoms with Gasteiger partial charge in [0.1, 0.15) is 6.10 Å². The van der Waals surface area contributed by atoms with E-state index in [9.17, 15) is 4.79 Å². The van der Waals surface area contributed by atoms with Crippen LogP contribution in [0.25, 0.3) is 0 Å². The largest absolute Gasteiger partial charge is 0.462 e. The number of nitrogens with zero attached hydrogens (tertiary/aromatic N) is 1. The van der Waals surface area contributed by atoms with Crippen LogP contribution in [0.2, 0.25) is 0 Å². The molecule has 0 spiro atoms. The van der Waals surface area contributed by atoms with E-state index >= 15 is 0 Å². The number of allylic oxidation sites excluding steroid dienone is 1. The molecule has 1 N–H and O–H groups in total. The second kappa shape index (κ2) is 6.56. The summed E-state index contributed by atoms with van der Waals surface area (Å²) in [6.45, 7) is 9.40. The van der Waals surface area contributed by atoms with Gasteiger partial charge in [-0.1, -0.05) is 19.1 Å². The van der Waals surface area contributed by atoms with E-state index in [1.165, 1.54) is 18.4 Å². The molecule has 4 heteroatoms. The van der Waals surface area contributed by atoms with Crippen molar-refractivity contribution in [1.82, 2.24) is 10.2 Å². The van der Waals surface area contributed by atoms with Gasteiger partial charge in [-0.25, -0.2) is 0 Å². The molecule has 3 fully saturated rings. The average Bonchev–Trinajstić information content (AvgIpc) is 2.76. The van der Waals surface area contributed by atoms with Crippen LogP contribution in [-0.2, 0) is 9.53 Å². The first-order valence-corrected chi connectivity index (χ1v) is 9.14. The summed E-state index contributed by atoms with van der Waals surface area (Å²) >= 11 is 0. The molecule has 0 amide bonds. The molecule has 3 aliphatic rings. The minimum Gasteiger partial charge on any atom is -0.462 e. The zero-order valence-electron chi connectivity index (χ0n) is 14.9. The lowest BCUT2D eigenvalue weighted by atomic mass is 9.55. The van der Waals surface area contributed by atoms with E-state index in [0.717, 1.165) is 38.9 Å². The van der Waals surface area contributed by atoms with Crippen LogP contribution in [0.4, 0.5) is 0 Å². The lowest BCUT2D eigenvalue weighted by Gasteiger charge is -2.50. The zero-order chi connectivity index (χ0) is 16.6. The second-order valence-corrected chi connectivity index (χ2v) is 8.41. The highest BCUT2D eigenvalue weighted by atomic mass is 16.6. The molecule has 0 aromatic rings. The van der Waals surface area contributed by atoms with E-state index in [-0.39, 0.29) is 18.0 Å². The molecule has 1 heterocycles. The maximum absolute atomic E-state index is 12.4. The molecule has 2 aliphatic carbocycles. The van der Waals surface area contributed by atoms with Gasteiger partial charge in [0.05, 0.1) is 5.92 Å². The summed E-state index contributed by atoms with van der Waals surface area (Å²) in [5, 5.41) is 3.45. The standard InChI is InChI=1S/C19H32N2O2/c1-13-6-5-7-19(2)11-17-14(10-16(13)19)15(18(22)23-17)12-20-8-9-21(3)4/h14-17,20H,1,5-12H2,2-4H3/t14-,15-,16-,17-,19-/m1/s1. The Morgan fingerprint density at radius 2 is 2.22 bits per heavy atom. The van der Waals surface area contributed by atoms with Crippen molar-refractivity contribution >= 4 is 5.97 Å². The maximum Gasteiger partial charge on any atom is 0.310 e. The van der Waals surface area contributed by atoms with Crippen LogP contribution in [0.5, 0.6) is 0 Å². The maximum atomic E-state index is 12.4. The Hall–Kier alpha value is -0.870. The molecule has 0 bridgehead atoms. The third-order valence-corrected chi connectivity index (χ3v) is 6.42. The highest BCUT2D eigenvalue weighted by Gasteiger charge is 2.54. The number of rotatable bonds is 5. The molecular formula is C19H32N2O2. The summed E-state index contributed by atoms with van der Waals surface area (Å²) in [6.07, 6.45) is 5.91. The van der Waals surface area contributed by atoms with Crippen molar-refractivity contribution in [2.24, 2.45) is 23.2 Å². The van der Waals surface area contributed by atoms with E-state index in [1.54, 1.807) is 0 Å². The molecule has 4 nitrogen and oxygen atoms in total. The number of nitrogens with one attached hydrogen (secondary N) is 1. The predicted octanol–water partition coefficient (Wildman–Crippen LogP) is 2.45. The summed E-state index contributed by atoms with van der Waals surface area (Å²) in [5.74, 6) is 1.00. The van der Waals surface area contributed by atoms with Crippen molar-refractivity contribution in [3.63, 3.8) is 0 Å². The minimum atomic E-state index is 0.0187. The summed E-state index contributed by atoms with van der Waals surface area (Å²) in [6, 6.07) is 0. The number of ether oxygens (including phenoxy) is 1. The third-order valence-electron chi connectivity index (χ3n) is 6.42. The normalized spacial score (nSPS) is 40.0. The van der Waals surface area contributed by atoms with E-state index in [4.69, 9.17) is 4.74 Å². The van der Waals surface area contributed by atoms with Crippen molar-refractivity contribution < 1.29 is 9.53 Å². The summed E-state index contributed by atoms with van der Waals surface area (Å²) in [7, 11) is 4.14. The smallest absolute Gasteiger partial charge is 0.310 e. The summed E-state index contributed by atoms with van der Waals surface area (Å²) in [4.78, 5) is 14.5. The topological polar surface area (TPSA) is 41.6 Å². The van der Waals surface area contributed by atoms with Crippen LogP contribution in [0, 0.1) is 23.2 Å². The fourth-order valence-electron chi connectivity index (χ4n) is 5.05. The van der Waals surface area contributed by atoms with Crippen molar-refractivity contribution in [3.05, 3.63) is 12.2 Å². The highest BCUT2D eigenvalue weighted by molar-refractivity contribution is 5.75. The van der Waals surface area contributed by atoms with Crippen LogP contribution in [0.3, 0.4) is 0 Å². The second-order valence-electron chi connectivity index (χ2n) is 8.41. The number of esters is 1. The van der Waals surface area contributed by atoms with Gasteiger partial charge in [0.2, 0.25) is 0 Å². The molecule has 3 rings (SSSR count). The molecule has 0 aromatic heterocycles. The molecule has 0 unspecified atom stereocenters. The molecule has 2 saturated carbocycles. The Morgan fingerprint density at radius 1 is 1.43 bits per heavy atom. The van der Waals surface area contributed by atoms with Gasteiger partial charge < -0.3 is 15.0 Å². The number of carbonyl (C=O) groups is 1. The predicted molar refractivity (Wildman–Crippen MR) is 92.1 cm³/mol. The Kier molecular flexibility index (Phi) is 4.84. The average molecular weight is 320 g/mol. The lowest BCUT2D eigenvalue weighted by Crippen LogP contribution is -2.45. The van der Waals surface area contributed by atoms with Gasteiger partial charge in [0.25, 0.3) is 0 Å². The van der Waals surface area contributed by atoms with Gasteiger partial charge in [-0.05, 0) is 57.5 Å². The summed E-state index contributed by atoms with van der Waals surface area (Å²) < 4.78 is 5.79. The summed E-state index contributed by atoms with van der Waals surface area (Å²) in [5.41, 5.74) is 1.71. The third kappa shape index (κ3) is 3.34. The Balaban J connectivity index is 1.64. The van der Waals surface area contributed by atoms with Crippen LogP contribution in [-0.4, -0.2) is 50.7 Å². The molecule has 1 aliphatic heterocycles. The van der Waals surface area contributed by atoms with Crippen molar-refractivity contribution in [1.29, 1.82) is 0 Å². The van der Waals surface area contributed by atoms with Gasteiger partial charge in [0.15, 0.2) is 0 Å². The fraction of sp³-hybridized carbons (Fsp3) is 0.842. The SMILES string of the molecule is C=C1CCC[C@]2(C)C[C@H]3OC(=O)[C@H](CNCCN(C)C)[C@H]3C[C@H]12. The Morgan fingerprint density at radius 3 is 2.96 bits per heavy atom. The van der Waals surface area contributed by atoms with Crippen molar-refractivity contribution in [2.75, 3.05) is 33.7 Å². The van der Waals surface area contributed by atoms with Gasteiger partial charge >= 0.3 is 5.97 Å². The first-order valence-electron chi connectivity index (χ1n) is 9.14. The van der Waals surface area contributed by atoms with Gasteiger partial charge in [-0.3, -0.25) is 4.79 Å². The molecule has 23 heavy (non-hydrogen) atoms. The van der Waals surface area contributed by atoms with E-state index < -0.39 is 0 Å². The molecule has 130 valence electrons. The zero-order valence-corrected chi connectivity index (χ0v) is 14.9. The number of fused-ring (bicyclic) bond motifs is 2. The first kappa shape index (κ1) is 17.0. The number of likely N-dealkylation sites (N-methyl/N-ethyl adjacent to an activating group) is 1. The monoisotopic (exact) mass is 320 g/mol. The Labute approximate surface area is 140 Å². The van der Waals surface area contributed by atoms with Crippen LogP contribution in [0.15, 0.2) is 12.2 Å². The molecule has 5 atom stereocenters. The van der Waals surface area contributed by atoms with E-state index in [0.29, 0.717) is 17.3 Å². The highest BCUT2D eigenvalue weighted by Crippen LogP contribution is 2.56. The van der Waals surface area contributed by atoms with Crippen LogP contribution in [0.1, 0.15) is 39.0 Å². The lowest BCUT2D eigenvalue weighted by molar-refractivity contribution is -0.146. The number of carbonyl (C=O) groups excluding carboxylic acids is 1. The number of hydrogen-bond donors (Lipinski definition) is 1. The van der Waals surface area contributed by atoms with Crippen LogP contribution >= 0.6 is 0 Å². The van der Waals surface area contributed by atoms with Gasteiger partial charge in [-0.15, -0.1) is 0 Å². The van der Waals surface area contributed by atoms with Gasteiger partial charge in [-0.2, -0.15) is 0 Å². The quantitative estimate of drug-likeness (QED) is 0.480. The van der Waals surface area contributed by atoms with Gasteiger partial charge in [0, 0.05) is 25.6 Å².